The van der Waals surface area contributed by atoms with Gasteiger partial charge in [-0.25, -0.2) is 9.59 Å². The van der Waals surface area contributed by atoms with Crippen LogP contribution in [0.5, 0.6) is 0 Å². The Labute approximate surface area is 157 Å². The molecule has 0 radical (unpaired) electrons. The van der Waals surface area contributed by atoms with Gasteiger partial charge in [-0.05, 0) is 57.3 Å². The minimum absolute atomic E-state index is 0.163. The van der Waals surface area contributed by atoms with Crippen molar-refractivity contribution < 1.29 is 19.1 Å². The Morgan fingerprint density at radius 3 is 2.10 bits per heavy atom. The van der Waals surface area contributed by atoms with Gasteiger partial charge in [-0.15, -0.1) is 0 Å². The predicted molar refractivity (Wildman–Crippen MR) is 97.5 cm³/mol. The lowest BCUT2D eigenvalue weighted by Gasteiger charge is -2.29. The van der Waals surface area contributed by atoms with Gasteiger partial charge in [0.05, 0.1) is 5.69 Å². The molecule has 21 heavy (non-hydrogen) atoms. The third kappa shape index (κ3) is 4.09. The predicted octanol–water partition coefficient (Wildman–Crippen LogP) is 3.79. The summed E-state index contributed by atoms with van der Waals surface area (Å²) in [5.74, 6) is -2.64. The first-order valence-corrected chi connectivity index (χ1v) is 8.72. The maximum absolute atomic E-state index is 11.8. The Bertz CT molecular complexity index is 613. The largest absolute Gasteiger partial charge is 0.419 e. The molecule has 5 nitrogen and oxygen atoms in total. The van der Waals surface area contributed by atoms with Crippen LogP contribution in [0.1, 0.15) is 13.8 Å². The number of benzene rings is 1. The fraction of sp³-hybridized carbons (Fsp3) is 0.231. The van der Waals surface area contributed by atoms with Crippen molar-refractivity contribution in [2.24, 2.45) is 0 Å². The number of nitrogens with one attached hydrogen (secondary N) is 1. The van der Waals surface area contributed by atoms with Crippen molar-refractivity contribution in [1.29, 1.82) is 0 Å². The van der Waals surface area contributed by atoms with Crippen molar-refractivity contribution in [2.45, 2.75) is 19.6 Å². The molecule has 1 aromatic rings. The van der Waals surface area contributed by atoms with E-state index in [0.29, 0.717) is 0 Å². The molecule has 0 amide bonds. The first-order valence-electron chi connectivity index (χ1n) is 5.77. The molecule has 2 rings (SSSR count). The van der Waals surface area contributed by atoms with E-state index in [1.165, 1.54) is 20.0 Å². The minimum Gasteiger partial charge on any atom is -0.419 e. The average molecular weight is 578 g/mol. The molecule has 0 spiro atoms. The van der Waals surface area contributed by atoms with Crippen LogP contribution in [0.2, 0.25) is 0 Å². The van der Waals surface area contributed by atoms with Gasteiger partial charge >= 0.3 is 11.9 Å². The fourth-order valence-electron chi connectivity index (χ4n) is 1.60. The highest BCUT2D eigenvalue weighted by molar-refractivity contribution is 14.1. The van der Waals surface area contributed by atoms with Crippen molar-refractivity contribution in [3.05, 3.63) is 35.5 Å². The molecule has 1 heterocycles. The van der Waals surface area contributed by atoms with E-state index in [9.17, 15) is 9.59 Å². The van der Waals surface area contributed by atoms with Gasteiger partial charge in [-0.1, -0.05) is 15.9 Å². The molecule has 0 atom stereocenters. The van der Waals surface area contributed by atoms with Gasteiger partial charge in [0.2, 0.25) is 0 Å². The first kappa shape index (κ1) is 17.0. The zero-order valence-electron chi connectivity index (χ0n) is 11.0. The number of hydrogen-bond donors (Lipinski definition) is 1. The lowest BCUT2D eigenvalue weighted by molar-refractivity contribution is -0.222. The van der Waals surface area contributed by atoms with Gasteiger partial charge < -0.3 is 14.8 Å². The third-order valence-electron chi connectivity index (χ3n) is 2.48. The number of halogens is 3. The van der Waals surface area contributed by atoms with Gasteiger partial charge in [-0.3, -0.25) is 0 Å². The number of carbonyl (C=O) groups is 2. The van der Waals surface area contributed by atoms with E-state index in [1.807, 2.05) is 12.1 Å². The quantitative estimate of drug-likeness (QED) is 0.251. The summed E-state index contributed by atoms with van der Waals surface area (Å²) in [6.07, 6.45) is 1.31. The summed E-state index contributed by atoms with van der Waals surface area (Å²) >= 11 is 7.73. The highest BCUT2D eigenvalue weighted by atomic mass is 127. The highest BCUT2D eigenvalue weighted by Crippen LogP contribution is 2.29. The number of cyclic esters (lactones) is 2. The van der Waals surface area contributed by atoms with Gasteiger partial charge in [0, 0.05) is 31.7 Å². The number of anilines is 1. The van der Waals surface area contributed by atoms with Crippen molar-refractivity contribution >= 4 is 78.7 Å². The molecule has 0 saturated carbocycles. The Hall–Kier alpha value is -0.360. The Kier molecular flexibility index (Phi) is 5.19. The smallest absolute Gasteiger partial charge is 0.350 e. The molecule has 1 saturated heterocycles. The fourth-order valence-corrected chi connectivity index (χ4v) is 5.00. The van der Waals surface area contributed by atoms with Crippen LogP contribution in [-0.4, -0.2) is 17.7 Å². The maximum Gasteiger partial charge on any atom is 0.350 e. The summed E-state index contributed by atoms with van der Waals surface area (Å²) in [6, 6.07) is 3.84. The molecular weight excluding hydrogens is 568 g/mol. The van der Waals surface area contributed by atoms with Crippen LogP contribution in [0.25, 0.3) is 0 Å². The van der Waals surface area contributed by atoms with Crippen LogP contribution in [-0.2, 0) is 19.1 Å². The number of ether oxygens (including phenoxy) is 2. The molecule has 0 aliphatic carbocycles. The first-order chi connectivity index (χ1) is 9.69. The summed E-state index contributed by atoms with van der Waals surface area (Å²) in [5, 5.41) is 2.97. The van der Waals surface area contributed by atoms with Crippen LogP contribution in [0, 0.1) is 7.14 Å². The summed E-state index contributed by atoms with van der Waals surface area (Å²) in [7, 11) is 0. The van der Waals surface area contributed by atoms with Gasteiger partial charge in [0.1, 0.15) is 0 Å². The molecule has 1 aliphatic heterocycles. The minimum atomic E-state index is -1.23. The zero-order valence-corrected chi connectivity index (χ0v) is 16.9. The normalized spacial score (nSPS) is 17.1. The van der Waals surface area contributed by atoms with E-state index in [0.717, 1.165) is 17.3 Å². The second kappa shape index (κ2) is 6.41. The molecule has 1 N–H and O–H groups in total. The Balaban J connectivity index is 2.26. The molecule has 0 unspecified atom stereocenters. The van der Waals surface area contributed by atoms with Crippen molar-refractivity contribution in [3.8, 4) is 0 Å². The lowest BCUT2D eigenvalue weighted by atomic mass is 10.2. The second-order valence-corrected chi connectivity index (χ2v) is 7.87. The van der Waals surface area contributed by atoms with Crippen LogP contribution >= 0.6 is 61.1 Å². The van der Waals surface area contributed by atoms with E-state index < -0.39 is 17.7 Å². The zero-order chi connectivity index (χ0) is 15.8. The lowest BCUT2D eigenvalue weighted by Crippen LogP contribution is -2.42. The Morgan fingerprint density at radius 1 is 1.14 bits per heavy atom. The number of esters is 2. The van der Waals surface area contributed by atoms with Crippen LogP contribution in [0.15, 0.2) is 28.4 Å². The average Bonchev–Trinajstić information content (AvgIpc) is 2.29. The number of rotatable bonds is 2. The van der Waals surface area contributed by atoms with E-state index in [4.69, 9.17) is 9.47 Å². The topological polar surface area (TPSA) is 64.6 Å². The van der Waals surface area contributed by atoms with E-state index in [2.05, 4.69) is 66.4 Å². The molecule has 1 aliphatic rings. The van der Waals surface area contributed by atoms with Crippen LogP contribution < -0.4 is 5.32 Å². The van der Waals surface area contributed by atoms with Gasteiger partial charge in [-0.2, -0.15) is 0 Å². The molecule has 1 aromatic carbocycles. The summed E-state index contributed by atoms with van der Waals surface area (Å²) < 4.78 is 12.9. The van der Waals surface area contributed by atoms with E-state index in [-0.39, 0.29) is 5.57 Å². The van der Waals surface area contributed by atoms with Gasteiger partial charge in [0.25, 0.3) is 5.79 Å². The molecule has 0 bridgehead atoms. The summed E-state index contributed by atoms with van der Waals surface area (Å²) in [6.45, 7) is 3.02. The molecule has 1 fully saturated rings. The van der Waals surface area contributed by atoms with Gasteiger partial charge in [0.15, 0.2) is 5.57 Å². The van der Waals surface area contributed by atoms with Crippen molar-refractivity contribution in [1.82, 2.24) is 0 Å². The molecule has 0 aromatic heterocycles. The van der Waals surface area contributed by atoms with Crippen LogP contribution in [0.3, 0.4) is 0 Å². The molecule has 8 heteroatoms. The standard InChI is InChI=1S/C13H10BrI2NO4/c1-13(2)20-11(18)7(12(19)21-13)5-17-10-8(15)3-6(14)4-9(10)16/h3-5,17H,1-2H3. The summed E-state index contributed by atoms with van der Waals surface area (Å²) in [4.78, 5) is 23.6. The SMILES string of the molecule is CC1(C)OC(=O)C(=CNc2c(I)cc(Br)cc2I)C(=O)O1. The summed E-state index contributed by atoms with van der Waals surface area (Å²) in [5.41, 5.74) is 0.640. The van der Waals surface area contributed by atoms with E-state index >= 15 is 0 Å². The van der Waals surface area contributed by atoms with E-state index in [1.54, 1.807) is 0 Å². The molecule has 112 valence electrons. The Morgan fingerprint density at radius 2 is 1.62 bits per heavy atom. The third-order valence-corrected chi connectivity index (χ3v) is 4.64. The van der Waals surface area contributed by atoms with Crippen LogP contribution in [0.4, 0.5) is 5.69 Å². The number of hydrogen-bond acceptors (Lipinski definition) is 5. The number of carbonyl (C=O) groups excluding carboxylic acids is 2. The van der Waals surface area contributed by atoms with Crippen molar-refractivity contribution in [3.63, 3.8) is 0 Å². The molecular formula is C13H10BrI2NO4. The highest BCUT2D eigenvalue weighted by Gasteiger charge is 2.38. The van der Waals surface area contributed by atoms with Crippen molar-refractivity contribution in [2.75, 3.05) is 5.32 Å². The second-order valence-electron chi connectivity index (χ2n) is 4.63. The maximum atomic E-state index is 11.8. The monoisotopic (exact) mass is 577 g/mol.